The number of carbonyl (C=O) groups excluding carboxylic acids is 1. The summed E-state index contributed by atoms with van der Waals surface area (Å²) in [5, 5.41) is 0. The minimum atomic E-state index is -0.993. The van der Waals surface area contributed by atoms with Gasteiger partial charge in [0.2, 0.25) is 0 Å². The molecule has 0 fully saturated rings. The van der Waals surface area contributed by atoms with E-state index in [2.05, 4.69) is 0 Å². The fourth-order valence-corrected chi connectivity index (χ4v) is 3.14. The summed E-state index contributed by atoms with van der Waals surface area (Å²) in [4.78, 5) is 12.2. The minimum Gasteiger partial charge on any atom is -0.462 e. The normalized spacial score (nSPS) is 15.7. The third kappa shape index (κ3) is 1.95. The highest BCUT2D eigenvalue weighted by atomic mass is 16.7. The smallest absolute Gasteiger partial charge is 0.338 e. The quantitative estimate of drug-likeness (QED) is 0.805. The number of hydrogen-bond donors (Lipinski definition) is 0. The second kappa shape index (κ2) is 5.16. The van der Waals surface area contributed by atoms with Crippen molar-refractivity contribution in [1.82, 2.24) is 0 Å². The lowest BCUT2D eigenvalue weighted by molar-refractivity contribution is -0.109. The van der Waals surface area contributed by atoms with Gasteiger partial charge in [-0.1, -0.05) is 37.3 Å². The summed E-state index contributed by atoms with van der Waals surface area (Å²) in [7, 11) is 0. The average Bonchev–Trinajstić information content (AvgIpc) is 3.19. The Bertz CT molecular complexity index is 799. The molecule has 4 nitrogen and oxygen atoms in total. The van der Waals surface area contributed by atoms with Crippen LogP contribution in [0.3, 0.4) is 0 Å². The lowest BCUT2D eigenvalue weighted by Crippen LogP contribution is -2.26. The highest BCUT2D eigenvalue weighted by Gasteiger charge is 2.49. The molecular formula is C19H16O4. The van der Waals surface area contributed by atoms with Crippen molar-refractivity contribution in [3.8, 4) is 11.1 Å². The van der Waals surface area contributed by atoms with Gasteiger partial charge in [0.25, 0.3) is 0 Å². The Balaban J connectivity index is 1.82. The summed E-state index contributed by atoms with van der Waals surface area (Å²) in [6.45, 7) is 2.38. The maximum Gasteiger partial charge on any atom is 0.338 e. The topological polar surface area (TPSA) is 44.8 Å². The van der Waals surface area contributed by atoms with E-state index in [4.69, 9.17) is 14.2 Å². The SMILES string of the molecule is CCCOC(=O)c1ccc2c(c1)C1(OC=CO1)c1ccccc1-2. The van der Waals surface area contributed by atoms with Crippen molar-refractivity contribution in [3.05, 3.63) is 71.7 Å². The van der Waals surface area contributed by atoms with Crippen LogP contribution >= 0.6 is 0 Å². The van der Waals surface area contributed by atoms with Gasteiger partial charge in [0.1, 0.15) is 12.5 Å². The van der Waals surface area contributed by atoms with Crippen LogP contribution in [0, 0.1) is 0 Å². The monoisotopic (exact) mass is 308 g/mol. The van der Waals surface area contributed by atoms with Gasteiger partial charge >= 0.3 is 11.8 Å². The summed E-state index contributed by atoms with van der Waals surface area (Å²) in [6, 6.07) is 13.5. The summed E-state index contributed by atoms with van der Waals surface area (Å²) in [5.41, 5.74) is 4.34. The fraction of sp³-hybridized carbons (Fsp3) is 0.211. The van der Waals surface area contributed by atoms with Crippen LogP contribution in [0.2, 0.25) is 0 Å². The first-order valence-electron chi connectivity index (χ1n) is 7.68. The second-order valence-electron chi connectivity index (χ2n) is 5.57. The van der Waals surface area contributed by atoms with Gasteiger partial charge in [0, 0.05) is 11.1 Å². The van der Waals surface area contributed by atoms with Crippen molar-refractivity contribution in [3.63, 3.8) is 0 Å². The van der Waals surface area contributed by atoms with Crippen LogP contribution in [0.25, 0.3) is 11.1 Å². The van der Waals surface area contributed by atoms with Gasteiger partial charge in [-0.3, -0.25) is 0 Å². The molecule has 0 radical (unpaired) electrons. The van der Waals surface area contributed by atoms with Crippen LogP contribution < -0.4 is 0 Å². The van der Waals surface area contributed by atoms with Crippen LogP contribution in [0.1, 0.15) is 34.8 Å². The molecular weight excluding hydrogens is 292 g/mol. The van der Waals surface area contributed by atoms with Crippen molar-refractivity contribution in [2.24, 2.45) is 0 Å². The summed E-state index contributed by atoms with van der Waals surface area (Å²) < 4.78 is 16.9. The van der Waals surface area contributed by atoms with Crippen molar-refractivity contribution in [1.29, 1.82) is 0 Å². The predicted molar refractivity (Wildman–Crippen MR) is 84.5 cm³/mol. The van der Waals surface area contributed by atoms with E-state index in [0.29, 0.717) is 12.2 Å². The number of rotatable bonds is 3. The highest BCUT2D eigenvalue weighted by Crippen LogP contribution is 2.52. The molecule has 4 heteroatoms. The molecule has 2 aromatic rings. The molecule has 0 atom stereocenters. The Hall–Kier alpha value is -2.75. The second-order valence-corrected chi connectivity index (χ2v) is 5.57. The molecule has 0 N–H and O–H groups in total. The van der Waals surface area contributed by atoms with E-state index in [0.717, 1.165) is 28.7 Å². The molecule has 2 aromatic carbocycles. The average molecular weight is 308 g/mol. The fourth-order valence-electron chi connectivity index (χ4n) is 3.14. The van der Waals surface area contributed by atoms with E-state index in [1.165, 1.54) is 12.5 Å². The van der Waals surface area contributed by atoms with Gasteiger partial charge in [-0.25, -0.2) is 4.79 Å². The highest BCUT2D eigenvalue weighted by molar-refractivity contribution is 5.92. The third-order valence-electron chi connectivity index (χ3n) is 4.14. The van der Waals surface area contributed by atoms with Crippen molar-refractivity contribution >= 4 is 5.97 Å². The Morgan fingerprint density at radius 1 is 1.04 bits per heavy atom. The number of hydrogen-bond acceptors (Lipinski definition) is 4. The third-order valence-corrected chi connectivity index (χ3v) is 4.14. The Morgan fingerprint density at radius 2 is 1.78 bits per heavy atom. The number of benzene rings is 2. The molecule has 1 heterocycles. The first-order valence-corrected chi connectivity index (χ1v) is 7.68. The summed E-state index contributed by atoms with van der Waals surface area (Å²) in [5.74, 6) is -1.32. The molecule has 0 amide bonds. The maximum atomic E-state index is 12.2. The molecule has 1 aliphatic carbocycles. The van der Waals surface area contributed by atoms with Crippen LogP contribution in [-0.4, -0.2) is 12.6 Å². The Labute approximate surface area is 134 Å². The molecule has 0 bridgehead atoms. The molecule has 0 aromatic heterocycles. The number of carbonyl (C=O) groups is 1. The molecule has 4 rings (SSSR count). The lowest BCUT2D eigenvalue weighted by Gasteiger charge is -2.25. The van der Waals surface area contributed by atoms with E-state index < -0.39 is 5.79 Å². The number of esters is 1. The van der Waals surface area contributed by atoms with Crippen molar-refractivity contribution < 1.29 is 19.0 Å². The zero-order valence-corrected chi connectivity index (χ0v) is 12.7. The summed E-state index contributed by atoms with van der Waals surface area (Å²) in [6.07, 6.45) is 3.87. The molecule has 116 valence electrons. The molecule has 2 aliphatic rings. The minimum absolute atomic E-state index is 0.327. The van der Waals surface area contributed by atoms with E-state index in [9.17, 15) is 4.79 Å². The zero-order chi connectivity index (χ0) is 15.9. The molecule has 23 heavy (non-hydrogen) atoms. The predicted octanol–water partition coefficient (Wildman–Crippen LogP) is 3.95. The van der Waals surface area contributed by atoms with Crippen molar-refractivity contribution in [2.45, 2.75) is 19.1 Å². The number of fused-ring (bicyclic) bond motifs is 5. The van der Waals surface area contributed by atoms with E-state index in [-0.39, 0.29) is 5.97 Å². The van der Waals surface area contributed by atoms with Crippen molar-refractivity contribution in [2.75, 3.05) is 6.61 Å². The van der Waals surface area contributed by atoms with E-state index in [1.54, 1.807) is 12.1 Å². The van der Waals surface area contributed by atoms with Crippen LogP contribution in [-0.2, 0) is 20.0 Å². The molecule has 0 unspecified atom stereocenters. The van der Waals surface area contributed by atoms with Gasteiger partial charge in [0.15, 0.2) is 0 Å². The molecule has 1 aliphatic heterocycles. The van der Waals surface area contributed by atoms with Gasteiger partial charge < -0.3 is 14.2 Å². The number of ether oxygens (including phenoxy) is 3. The molecule has 1 spiro atoms. The standard InChI is InChI=1S/C19H16O4/c1-2-9-21-18(20)13-7-8-15-14-5-3-4-6-16(14)19(17(15)12-13)22-10-11-23-19/h3-8,10-12H,2,9H2,1H3. The molecule has 0 saturated heterocycles. The Morgan fingerprint density at radius 3 is 2.57 bits per heavy atom. The van der Waals surface area contributed by atoms with Gasteiger partial charge in [0.05, 0.1) is 12.2 Å². The first-order chi connectivity index (χ1) is 11.3. The summed E-state index contributed by atoms with van der Waals surface area (Å²) >= 11 is 0. The largest absolute Gasteiger partial charge is 0.462 e. The van der Waals surface area contributed by atoms with Crippen LogP contribution in [0.15, 0.2) is 55.0 Å². The lowest BCUT2D eigenvalue weighted by atomic mass is 10.0. The Kier molecular flexibility index (Phi) is 3.11. The first kappa shape index (κ1) is 13.9. The molecule has 0 saturated carbocycles. The van der Waals surface area contributed by atoms with Gasteiger partial charge in [-0.15, -0.1) is 0 Å². The van der Waals surface area contributed by atoms with Gasteiger partial charge in [-0.2, -0.15) is 0 Å². The van der Waals surface area contributed by atoms with Crippen LogP contribution in [0.5, 0.6) is 0 Å². The van der Waals surface area contributed by atoms with E-state index >= 15 is 0 Å². The maximum absolute atomic E-state index is 12.2. The van der Waals surface area contributed by atoms with E-state index in [1.807, 2.05) is 37.3 Å². The van der Waals surface area contributed by atoms with Crippen LogP contribution in [0.4, 0.5) is 0 Å². The van der Waals surface area contributed by atoms with Gasteiger partial charge in [-0.05, 0) is 29.7 Å². The zero-order valence-electron chi connectivity index (χ0n) is 12.7.